The third-order valence-electron chi connectivity index (χ3n) is 4.94. The normalized spacial score (nSPS) is 21.8. The second-order valence-electron chi connectivity index (χ2n) is 7.23. The molecule has 2 rings (SSSR count). The van der Waals surface area contributed by atoms with E-state index in [1.807, 2.05) is 0 Å². The van der Waals surface area contributed by atoms with Gasteiger partial charge < -0.3 is 9.31 Å². The number of hydrogen-bond acceptors (Lipinski definition) is 2. The zero-order chi connectivity index (χ0) is 15.8. The molecule has 1 aliphatic rings. The molecule has 1 radical (unpaired) electrons. The molecule has 1 aromatic rings. The minimum Gasteiger partial charge on any atom is -0.403 e. The first-order valence-corrected chi connectivity index (χ1v) is 10.4. The van der Waals surface area contributed by atoms with Gasteiger partial charge in [-0.05, 0) is 33.3 Å². The van der Waals surface area contributed by atoms with Crippen molar-refractivity contribution < 1.29 is 9.31 Å². The van der Waals surface area contributed by atoms with Crippen LogP contribution in [0.1, 0.15) is 52.4 Å². The summed E-state index contributed by atoms with van der Waals surface area (Å²) in [6.45, 7) is 15.4. The highest BCUT2D eigenvalue weighted by Gasteiger charge is 2.53. The maximum absolute atomic E-state index is 6.30. The Morgan fingerprint density at radius 3 is 2.05 bits per heavy atom. The maximum Gasteiger partial charge on any atom is 0.465 e. The molecule has 1 atom stereocenters. The van der Waals surface area contributed by atoms with E-state index in [0.717, 1.165) is 6.42 Å². The molecule has 1 heterocycles. The van der Waals surface area contributed by atoms with E-state index in [0.29, 0.717) is 5.82 Å². The fourth-order valence-corrected chi connectivity index (χ4v) is 4.16. The van der Waals surface area contributed by atoms with Crippen LogP contribution in [0.2, 0.25) is 13.1 Å². The van der Waals surface area contributed by atoms with Crippen molar-refractivity contribution >= 4 is 21.1 Å². The second kappa shape index (κ2) is 5.90. The lowest BCUT2D eigenvalue weighted by Crippen LogP contribution is -2.41. The molecule has 0 aliphatic carbocycles. The van der Waals surface area contributed by atoms with Gasteiger partial charge in [0.25, 0.3) is 0 Å². The van der Waals surface area contributed by atoms with E-state index in [-0.39, 0.29) is 18.3 Å². The lowest BCUT2D eigenvalue weighted by Gasteiger charge is -2.32. The molecule has 4 heteroatoms. The maximum atomic E-state index is 6.30. The van der Waals surface area contributed by atoms with Crippen LogP contribution in [0.15, 0.2) is 24.3 Å². The fourth-order valence-electron chi connectivity index (χ4n) is 2.89. The monoisotopic (exact) mass is 303 g/mol. The summed E-state index contributed by atoms with van der Waals surface area (Å²) in [5, 5.41) is 1.50. The summed E-state index contributed by atoms with van der Waals surface area (Å²) in [6.07, 6.45) is 1.03. The molecule has 0 aromatic heterocycles. The van der Waals surface area contributed by atoms with Crippen molar-refractivity contribution in [3.05, 3.63) is 29.8 Å². The highest BCUT2D eigenvalue weighted by molar-refractivity contribution is 6.71. The van der Waals surface area contributed by atoms with Gasteiger partial charge in [-0.2, -0.15) is 0 Å². The minimum absolute atomic E-state index is 0.150. The van der Waals surface area contributed by atoms with E-state index in [1.165, 1.54) is 10.8 Å². The standard InChI is InChI=1S/C17H28BO2Si/c1-8-14(13-11-9-10-12-15(13)21(6)7)18-19-16(2,3)17(4,5)20-18/h9-12,14H,8H2,1-7H3. The zero-order valence-corrected chi connectivity index (χ0v) is 15.5. The van der Waals surface area contributed by atoms with Gasteiger partial charge in [0.2, 0.25) is 0 Å². The number of rotatable bonds is 4. The van der Waals surface area contributed by atoms with E-state index >= 15 is 0 Å². The lowest BCUT2D eigenvalue weighted by molar-refractivity contribution is 0.00578. The molecule has 1 saturated heterocycles. The van der Waals surface area contributed by atoms with Crippen molar-refractivity contribution in [1.82, 2.24) is 0 Å². The summed E-state index contributed by atoms with van der Waals surface area (Å²) < 4.78 is 12.6. The Morgan fingerprint density at radius 2 is 1.57 bits per heavy atom. The van der Waals surface area contributed by atoms with Gasteiger partial charge >= 0.3 is 7.12 Å². The predicted octanol–water partition coefficient (Wildman–Crippen LogP) is 3.77. The summed E-state index contributed by atoms with van der Waals surface area (Å²) in [4.78, 5) is 0. The molecule has 115 valence electrons. The van der Waals surface area contributed by atoms with Crippen LogP contribution in [-0.2, 0) is 9.31 Å². The summed E-state index contributed by atoms with van der Waals surface area (Å²) >= 11 is 0. The highest BCUT2D eigenvalue weighted by atomic mass is 28.3. The van der Waals surface area contributed by atoms with Crippen molar-refractivity contribution in [1.29, 1.82) is 0 Å². The topological polar surface area (TPSA) is 18.5 Å². The number of hydrogen-bond donors (Lipinski definition) is 0. The molecule has 1 fully saturated rings. The van der Waals surface area contributed by atoms with Crippen LogP contribution in [0.4, 0.5) is 0 Å². The number of benzene rings is 1. The van der Waals surface area contributed by atoms with Crippen molar-refractivity contribution in [3.8, 4) is 0 Å². The highest BCUT2D eigenvalue weighted by Crippen LogP contribution is 2.41. The molecule has 1 unspecified atom stereocenters. The van der Waals surface area contributed by atoms with Crippen LogP contribution in [0.25, 0.3) is 0 Å². The van der Waals surface area contributed by atoms with Crippen LogP contribution in [0, 0.1) is 0 Å². The zero-order valence-electron chi connectivity index (χ0n) is 14.5. The Kier molecular flexibility index (Phi) is 4.72. The smallest absolute Gasteiger partial charge is 0.403 e. The summed E-state index contributed by atoms with van der Waals surface area (Å²) in [6, 6.07) is 8.81. The second-order valence-corrected chi connectivity index (χ2v) is 9.77. The van der Waals surface area contributed by atoms with Crippen LogP contribution < -0.4 is 5.19 Å². The van der Waals surface area contributed by atoms with E-state index in [1.54, 1.807) is 0 Å². The Morgan fingerprint density at radius 1 is 1.05 bits per heavy atom. The molecule has 0 saturated carbocycles. The van der Waals surface area contributed by atoms with Gasteiger partial charge in [0, 0.05) is 5.82 Å². The molecule has 0 N–H and O–H groups in total. The fraction of sp³-hybridized carbons (Fsp3) is 0.647. The molecular formula is C17H28BO2Si. The van der Waals surface area contributed by atoms with Gasteiger partial charge in [-0.1, -0.05) is 55.9 Å². The van der Waals surface area contributed by atoms with Gasteiger partial charge in [-0.15, -0.1) is 0 Å². The Labute approximate surface area is 132 Å². The van der Waals surface area contributed by atoms with Gasteiger partial charge in [-0.25, -0.2) is 0 Å². The SMILES string of the molecule is CCC(B1OC(C)(C)C(C)(C)O1)c1ccccc1[Si](C)C. The molecule has 1 aromatic carbocycles. The first-order valence-electron chi connectivity index (χ1n) is 7.94. The predicted molar refractivity (Wildman–Crippen MR) is 92.7 cm³/mol. The molecule has 0 amide bonds. The van der Waals surface area contributed by atoms with Gasteiger partial charge in [0.05, 0.1) is 20.0 Å². The lowest BCUT2D eigenvalue weighted by atomic mass is 9.66. The Hall–Kier alpha value is -0.578. The molecule has 0 bridgehead atoms. The van der Waals surface area contributed by atoms with Crippen molar-refractivity contribution in [2.24, 2.45) is 0 Å². The van der Waals surface area contributed by atoms with Crippen molar-refractivity contribution in [3.63, 3.8) is 0 Å². The van der Waals surface area contributed by atoms with Crippen molar-refractivity contribution in [2.75, 3.05) is 0 Å². The van der Waals surface area contributed by atoms with E-state index in [2.05, 4.69) is 72.0 Å². The Balaban J connectivity index is 2.34. The Bertz CT molecular complexity index is 483. The quantitative estimate of drug-likeness (QED) is 0.788. The molecular weight excluding hydrogens is 275 g/mol. The van der Waals surface area contributed by atoms with Gasteiger partial charge in [0.15, 0.2) is 0 Å². The van der Waals surface area contributed by atoms with Crippen LogP contribution in [0.3, 0.4) is 0 Å². The largest absolute Gasteiger partial charge is 0.465 e. The van der Waals surface area contributed by atoms with E-state index in [4.69, 9.17) is 9.31 Å². The third-order valence-corrected chi connectivity index (χ3v) is 6.47. The van der Waals surface area contributed by atoms with E-state index < -0.39 is 8.80 Å². The van der Waals surface area contributed by atoms with Gasteiger partial charge in [0.1, 0.15) is 0 Å². The molecule has 1 aliphatic heterocycles. The summed E-state index contributed by atoms with van der Waals surface area (Å²) in [5.41, 5.74) is 0.899. The average molecular weight is 303 g/mol. The third kappa shape index (κ3) is 3.13. The van der Waals surface area contributed by atoms with Crippen LogP contribution in [0.5, 0.6) is 0 Å². The van der Waals surface area contributed by atoms with E-state index in [9.17, 15) is 0 Å². The van der Waals surface area contributed by atoms with Crippen LogP contribution >= 0.6 is 0 Å². The molecule has 21 heavy (non-hydrogen) atoms. The minimum atomic E-state index is -0.493. The molecule has 0 spiro atoms. The van der Waals surface area contributed by atoms with Crippen LogP contribution in [-0.4, -0.2) is 27.1 Å². The van der Waals surface area contributed by atoms with Crippen molar-refractivity contribution in [2.45, 2.75) is 71.2 Å². The van der Waals surface area contributed by atoms with Gasteiger partial charge in [-0.3, -0.25) is 0 Å². The summed E-state index contributed by atoms with van der Waals surface area (Å²) in [5.74, 6) is 0.308. The first kappa shape index (κ1) is 16.8. The first-order chi connectivity index (χ1) is 9.69. The summed E-state index contributed by atoms with van der Waals surface area (Å²) in [7, 11) is -0.644. The molecule has 2 nitrogen and oxygen atoms in total. The average Bonchev–Trinajstić information content (AvgIpc) is 2.59.